The Morgan fingerprint density at radius 2 is 1.84 bits per heavy atom. The van der Waals surface area contributed by atoms with Crippen LogP contribution in [0, 0.1) is 0 Å². The molecule has 1 atom stereocenters. The van der Waals surface area contributed by atoms with Gasteiger partial charge in [-0.15, -0.1) is 10.2 Å². The fourth-order valence-electron chi connectivity index (χ4n) is 3.35. The van der Waals surface area contributed by atoms with Gasteiger partial charge in [0.2, 0.25) is 23.2 Å². The average Bonchev–Trinajstić information content (AvgIpc) is 2.93. The SMILES string of the molecule is CCSc1nnc2c(n1)O[C@H](c1ccc(C(=O)O)cc1)N(C(=O)CC)c1ccccc1-2. The number of carboxylic acids is 1. The Hall–Kier alpha value is -3.46. The number of rotatable bonds is 5. The lowest BCUT2D eigenvalue weighted by atomic mass is 10.1. The van der Waals surface area contributed by atoms with Crippen molar-refractivity contribution in [3.05, 3.63) is 59.7 Å². The first-order valence-corrected chi connectivity index (χ1v) is 10.8. The van der Waals surface area contributed by atoms with Crippen LogP contribution in [0.3, 0.4) is 0 Å². The van der Waals surface area contributed by atoms with Gasteiger partial charge in [0.1, 0.15) is 0 Å². The normalized spacial score (nSPS) is 14.8. The van der Waals surface area contributed by atoms with E-state index in [-0.39, 0.29) is 23.8 Å². The quantitative estimate of drug-likeness (QED) is 0.594. The number of aromatic carboxylic acids is 1. The van der Waals surface area contributed by atoms with Gasteiger partial charge in [0, 0.05) is 17.5 Å². The first-order chi connectivity index (χ1) is 15.0. The third kappa shape index (κ3) is 3.96. The van der Waals surface area contributed by atoms with Crippen LogP contribution in [0.2, 0.25) is 0 Å². The van der Waals surface area contributed by atoms with Crippen LogP contribution in [0.5, 0.6) is 5.88 Å². The number of carbonyl (C=O) groups is 2. The van der Waals surface area contributed by atoms with Crippen LogP contribution >= 0.6 is 11.8 Å². The Kier molecular flexibility index (Phi) is 5.85. The maximum absolute atomic E-state index is 13.1. The topological polar surface area (TPSA) is 106 Å². The molecule has 1 aliphatic heterocycles. The van der Waals surface area contributed by atoms with Crippen LogP contribution in [-0.4, -0.2) is 37.9 Å². The molecule has 31 heavy (non-hydrogen) atoms. The zero-order valence-electron chi connectivity index (χ0n) is 17.0. The maximum Gasteiger partial charge on any atom is 0.335 e. The summed E-state index contributed by atoms with van der Waals surface area (Å²) in [5.41, 5.74) is 2.55. The number of benzene rings is 2. The van der Waals surface area contributed by atoms with E-state index in [0.29, 0.717) is 27.7 Å². The molecule has 2 heterocycles. The average molecular weight is 436 g/mol. The molecule has 0 unspecified atom stereocenters. The monoisotopic (exact) mass is 436 g/mol. The summed E-state index contributed by atoms with van der Waals surface area (Å²) < 4.78 is 6.28. The van der Waals surface area contributed by atoms with Crippen LogP contribution in [0.25, 0.3) is 11.3 Å². The first-order valence-electron chi connectivity index (χ1n) is 9.82. The molecule has 4 rings (SSSR count). The summed E-state index contributed by atoms with van der Waals surface area (Å²) in [5.74, 6) is -0.123. The molecule has 1 amide bonds. The molecule has 0 radical (unpaired) electrons. The van der Waals surface area contributed by atoms with Crippen molar-refractivity contribution in [2.24, 2.45) is 0 Å². The maximum atomic E-state index is 13.1. The summed E-state index contributed by atoms with van der Waals surface area (Å²) in [7, 11) is 0. The number of aromatic nitrogens is 3. The highest BCUT2D eigenvalue weighted by atomic mass is 32.2. The number of anilines is 1. The Balaban J connectivity index is 1.91. The van der Waals surface area contributed by atoms with Crippen LogP contribution < -0.4 is 9.64 Å². The smallest absolute Gasteiger partial charge is 0.335 e. The van der Waals surface area contributed by atoms with Gasteiger partial charge >= 0.3 is 5.97 Å². The van der Waals surface area contributed by atoms with Gasteiger partial charge in [0.15, 0.2) is 5.69 Å². The van der Waals surface area contributed by atoms with E-state index in [1.165, 1.54) is 23.9 Å². The van der Waals surface area contributed by atoms with E-state index < -0.39 is 12.2 Å². The molecule has 2 aromatic carbocycles. The summed E-state index contributed by atoms with van der Waals surface area (Å²) in [6.45, 7) is 3.77. The number of hydrogen-bond acceptors (Lipinski definition) is 7. The predicted octanol–water partition coefficient (Wildman–Crippen LogP) is 4.18. The van der Waals surface area contributed by atoms with E-state index >= 15 is 0 Å². The third-order valence-electron chi connectivity index (χ3n) is 4.80. The third-order valence-corrected chi connectivity index (χ3v) is 5.52. The molecule has 3 aromatic rings. The van der Waals surface area contributed by atoms with Gasteiger partial charge in [-0.2, -0.15) is 4.98 Å². The Bertz CT molecular complexity index is 1140. The molecule has 0 saturated carbocycles. The van der Waals surface area contributed by atoms with Gasteiger partial charge in [0.05, 0.1) is 11.3 Å². The van der Waals surface area contributed by atoms with Crippen LogP contribution in [0.15, 0.2) is 53.7 Å². The lowest BCUT2D eigenvalue weighted by molar-refractivity contribution is -0.120. The number of amides is 1. The molecule has 1 aliphatic rings. The minimum absolute atomic E-state index is 0.149. The summed E-state index contributed by atoms with van der Waals surface area (Å²) in [6.07, 6.45) is -0.581. The van der Waals surface area contributed by atoms with Crippen molar-refractivity contribution < 1.29 is 19.4 Å². The van der Waals surface area contributed by atoms with E-state index in [1.807, 2.05) is 31.2 Å². The van der Waals surface area contributed by atoms with E-state index in [1.54, 1.807) is 24.0 Å². The Morgan fingerprint density at radius 1 is 1.10 bits per heavy atom. The van der Waals surface area contributed by atoms with Gasteiger partial charge in [-0.05, 0) is 24.0 Å². The van der Waals surface area contributed by atoms with Gasteiger partial charge in [-0.25, -0.2) is 4.79 Å². The van der Waals surface area contributed by atoms with Crippen molar-refractivity contribution in [2.45, 2.75) is 31.7 Å². The van der Waals surface area contributed by atoms with E-state index in [9.17, 15) is 14.7 Å². The minimum atomic E-state index is -1.02. The molecular weight excluding hydrogens is 416 g/mol. The molecule has 9 heteroatoms. The molecule has 158 valence electrons. The molecular formula is C22H20N4O4S. The standard InChI is InChI=1S/C22H20N4O4S/c1-3-17(27)26-16-8-6-5-7-15(16)18-19(23-22(25-24-18)31-4-2)30-20(26)13-9-11-14(12-10-13)21(28)29/h5-12,20H,3-4H2,1-2H3,(H,28,29)/t20-/m1/s1. The number of hydrogen-bond donors (Lipinski definition) is 1. The summed E-state index contributed by atoms with van der Waals surface area (Å²) in [6, 6.07) is 13.7. The van der Waals surface area contributed by atoms with Crippen molar-refractivity contribution in [1.29, 1.82) is 0 Å². The van der Waals surface area contributed by atoms with E-state index in [0.717, 1.165) is 5.75 Å². The second kappa shape index (κ2) is 8.73. The number of thioether (sulfide) groups is 1. The zero-order valence-corrected chi connectivity index (χ0v) is 17.8. The highest BCUT2D eigenvalue weighted by molar-refractivity contribution is 7.99. The number of carboxylic acid groups (broad SMARTS) is 1. The highest BCUT2D eigenvalue weighted by Gasteiger charge is 2.35. The summed E-state index contributed by atoms with van der Waals surface area (Å²) >= 11 is 1.44. The second-order valence-electron chi connectivity index (χ2n) is 6.71. The van der Waals surface area contributed by atoms with Crippen molar-refractivity contribution in [3.8, 4) is 17.1 Å². The Morgan fingerprint density at radius 3 is 2.52 bits per heavy atom. The van der Waals surface area contributed by atoms with Crippen LogP contribution in [0.1, 0.15) is 42.4 Å². The molecule has 1 N–H and O–H groups in total. The number of para-hydroxylation sites is 1. The van der Waals surface area contributed by atoms with E-state index in [2.05, 4.69) is 15.2 Å². The lowest BCUT2D eigenvalue weighted by Gasteiger charge is -2.30. The number of fused-ring (bicyclic) bond motifs is 3. The molecule has 8 nitrogen and oxygen atoms in total. The number of carbonyl (C=O) groups excluding carboxylic acids is 1. The minimum Gasteiger partial charge on any atom is -0.478 e. The molecule has 0 aliphatic carbocycles. The van der Waals surface area contributed by atoms with Crippen molar-refractivity contribution >= 4 is 29.3 Å². The van der Waals surface area contributed by atoms with E-state index in [4.69, 9.17) is 4.74 Å². The van der Waals surface area contributed by atoms with Crippen molar-refractivity contribution in [3.63, 3.8) is 0 Å². The van der Waals surface area contributed by atoms with Crippen LogP contribution in [0.4, 0.5) is 5.69 Å². The first kappa shape index (κ1) is 20.8. The number of ether oxygens (including phenoxy) is 1. The van der Waals surface area contributed by atoms with Crippen molar-refractivity contribution in [2.75, 3.05) is 10.7 Å². The van der Waals surface area contributed by atoms with Gasteiger partial charge in [-0.3, -0.25) is 9.69 Å². The fourth-order valence-corrected chi connectivity index (χ4v) is 3.86. The molecule has 1 aromatic heterocycles. The number of nitrogens with zero attached hydrogens (tertiary/aromatic N) is 4. The Labute approximate surface area is 183 Å². The highest BCUT2D eigenvalue weighted by Crippen LogP contribution is 2.43. The molecule has 0 saturated heterocycles. The lowest BCUT2D eigenvalue weighted by Crippen LogP contribution is -2.37. The van der Waals surface area contributed by atoms with Crippen LogP contribution in [-0.2, 0) is 4.79 Å². The molecule has 0 fully saturated rings. The fraction of sp³-hybridized carbons (Fsp3) is 0.227. The molecule has 0 spiro atoms. The summed E-state index contributed by atoms with van der Waals surface area (Å²) in [5, 5.41) is 18.3. The van der Waals surface area contributed by atoms with Gasteiger partial charge in [0.25, 0.3) is 0 Å². The summed E-state index contributed by atoms with van der Waals surface area (Å²) in [4.78, 5) is 30.4. The largest absolute Gasteiger partial charge is 0.478 e. The van der Waals surface area contributed by atoms with Gasteiger partial charge < -0.3 is 9.84 Å². The zero-order chi connectivity index (χ0) is 22.0. The van der Waals surface area contributed by atoms with Crippen molar-refractivity contribution in [1.82, 2.24) is 15.2 Å². The molecule has 0 bridgehead atoms. The van der Waals surface area contributed by atoms with Gasteiger partial charge in [-0.1, -0.05) is 55.9 Å². The predicted molar refractivity (Wildman–Crippen MR) is 116 cm³/mol. The second-order valence-corrected chi connectivity index (χ2v) is 7.94.